The molecule has 3 rings (SSSR count). The van der Waals surface area contributed by atoms with E-state index in [2.05, 4.69) is 22.9 Å². The molecular formula is C17H23N3O2. The standard InChI is InChI=1S/C17H23N3O2/c1-11-10-15(11)17(22)20-13-4-2-12(3-5-13)16(21)19-14-6-8-18-9-7-14/h2-5,11,14-15,18H,6-10H2,1H3,(H,19,21)(H,20,22). The molecule has 5 heteroatoms. The molecule has 2 fully saturated rings. The summed E-state index contributed by atoms with van der Waals surface area (Å²) >= 11 is 0. The van der Waals surface area contributed by atoms with E-state index in [1.807, 2.05) is 0 Å². The Labute approximate surface area is 130 Å². The predicted molar refractivity (Wildman–Crippen MR) is 85.7 cm³/mol. The van der Waals surface area contributed by atoms with Crippen molar-refractivity contribution in [2.75, 3.05) is 18.4 Å². The average Bonchev–Trinajstić information content (AvgIpc) is 3.26. The van der Waals surface area contributed by atoms with E-state index in [9.17, 15) is 9.59 Å². The number of amides is 2. The van der Waals surface area contributed by atoms with Crippen LogP contribution in [0.1, 0.15) is 36.5 Å². The molecule has 0 bridgehead atoms. The van der Waals surface area contributed by atoms with Gasteiger partial charge in [-0.25, -0.2) is 0 Å². The van der Waals surface area contributed by atoms with Crippen molar-refractivity contribution in [1.82, 2.24) is 10.6 Å². The van der Waals surface area contributed by atoms with E-state index in [1.165, 1.54) is 0 Å². The highest BCUT2D eigenvalue weighted by atomic mass is 16.2. The van der Waals surface area contributed by atoms with E-state index in [0.29, 0.717) is 11.5 Å². The maximum Gasteiger partial charge on any atom is 0.251 e. The molecule has 2 atom stereocenters. The Kier molecular flexibility index (Phi) is 4.43. The molecule has 0 aromatic heterocycles. The first-order chi connectivity index (χ1) is 10.6. The molecule has 22 heavy (non-hydrogen) atoms. The van der Waals surface area contributed by atoms with Crippen molar-refractivity contribution >= 4 is 17.5 Å². The lowest BCUT2D eigenvalue weighted by Crippen LogP contribution is -2.42. The molecule has 1 aliphatic heterocycles. The lowest BCUT2D eigenvalue weighted by atomic mass is 10.1. The van der Waals surface area contributed by atoms with Gasteiger partial charge in [-0.3, -0.25) is 9.59 Å². The van der Waals surface area contributed by atoms with E-state index in [0.717, 1.165) is 38.0 Å². The van der Waals surface area contributed by atoms with Gasteiger partial charge in [0.1, 0.15) is 0 Å². The second-order valence-corrected chi connectivity index (χ2v) is 6.38. The summed E-state index contributed by atoms with van der Waals surface area (Å²) in [5, 5.41) is 9.25. The number of benzene rings is 1. The number of carbonyl (C=O) groups is 2. The Morgan fingerprint density at radius 3 is 2.36 bits per heavy atom. The minimum atomic E-state index is -0.0411. The SMILES string of the molecule is CC1CC1C(=O)Nc1ccc(C(=O)NC2CCNCC2)cc1. The second-order valence-electron chi connectivity index (χ2n) is 6.38. The van der Waals surface area contributed by atoms with Gasteiger partial charge >= 0.3 is 0 Å². The van der Waals surface area contributed by atoms with Crippen LogP contribution in [0.15, 0.2) is 24.3 Å². The average molecular weight is 301 g/mol. The normalized spacial score (nSPS) is 24.6. The van der Waals surface area contributed by atoms with Crippen LogP contribution in [-0.2, 0) is 4.79 Å². The van der Waals surface area contributed by atoms with E-state index in [1.54, 1.807) is 24.3 Å². The van der Waals surface area contributed by atoms with Crippen LogP contribution in [0.3, 0.4) is 0 Å². The highest BCUT2D eigenvalue weighted by Gasteiger charge is 2.39. The van der Waals surface area contributed by atoms with Gasteiger partial charge in [-0.05, 0) is 62.5 Å². The molecule has 2 unspecified atom stereocenters. The quantitative estimate of drug-likeness (QED) is 0.793. The predicted octanol–water partition coefficient (Wildman–Crippen LogP) is 1.76. The molecule has 2 amide bonds. The maximum atomic E-state index is 12.2. The summed E-state index contributed by atoms with van der Waals surface area (Å²) in [4.78, 5) is 24.1. The zero-order valence-corrected chi connectivity index (χ0v) is 12.9. The second kappa shape index (κ2) is 6.48. The van der Waals surface area contributed by atoms with Crippen LogP contribution in [0, 0.1) is 11.8 Å². The third-order valence-electron chi connectivity index (χ3n) is 4.54. The summed E-state index contributed by atoms with van der Waals surface area (Å²) < 4.78 is 0. The van der Waals surface area contributed by atoms with Crippen molar-refractivity contribution in [3.05, 3.63) is 29.8 Å². The molecule has 1 saturated heterocycles. The fourth-order valence-electron chi connectivity index (χ4n) is 2.86. The van der Waals surface area contributed by atoms with Gasteiger partial charge in [-0.2, -0.15) is 0 Å². The maximum absolute atomic E-state index is 12.2. The molecule has 0 spiro atoms. The Morgan fingerprint density at radius 1 is 1.14 bits per heavy atom. The topological polar surface area (TPSA) is 70.2 Å². The van der Waals surface area contributed by atoms with Gasteiger partial charge in [0.05, 0.1) is 0 Å². The van der Waals surface area contributed by atoms with Crippen LogP contribution >= 0.6 is 0 Å². The molecule has 0 radical (unpaired) electrons. The van der Waals surface area contributed by atoms with Crippen molar-refractivity contribution in [3.63, 3.8) is 0 Å². The van der Waals surface area contributed by atoms with Crippen molar-refractivity contribution < 1.29 is 9.59 Å². The third kappa shape index (κ3) is 3.65. The minimum absolute atomic E-state index is 0.0411. The molecule has 5 nitrogen and oxygen atoms in total. The van der Waals surface area contributed by atoms with Crippen LogP contribution in [0.2, 0.25) is 0 Å². The Balaban J connectivity index is 1.54. The number of carbonyl (C=O) groups excluding carboxylic acids is 2. The Hall–Kier alpha value is -1.88. The highest BCUT2D eigenvalue weighted by Crippen LogP contribution is 2.38. The fraction of sp³-hybridized carbons (Fsp3) is 0.529. The zero-order chi connectivity index (χ0) is 15.5. The number of rotatable bonds is 4. The summed E-state index contributed by atoms with van der Waals surface area (Å²) in [6.07, 6.45) is 2.92. The minimum Gasteiger partial charge on any atom is -0.349 e. The molecule has 3 N–H and O–H groups in total. The van der Waals surface area contributed by atoms with Gasteiger partial charge in [0, 0.05) is 23.2 Å². The Morgan fingerprint density at radius 2 is 1.77 bits per heavy atom. The number of hydrogen-bond donors (Lipinski definition) is 3. The summed E-state index contributed by atoms with van der Waals surface area (Å²) in [6, 6.07) is 7.37. The summed E-state index contributed by atoms with van der Waals surface area (Å²) in [5.74, 6) is 0.693. The smallest absolute Gasteiger partial charge is 0.251 e. The van der Waals surface area contributed by atoms with Gasteiger partial charge in [-0.15, -0.1) is 0 Å². The largest absolute Gasteiger partial charge is 0.349 e. The summed E-state index contributed by atoms with van der Waals surface area (Å²) in [5.41, 5.74) is 1.39. The number of nitrogens with one attached hydrogen (secondary N) is 3. The van der Waals surface area contributed by atoms with E-state index in [-0.39, 0.29) is 23.8 Å². The molecule has 1 aromatic rings. The lowest BCUT2D eigenvalue weighted by molar-refractivity contribution is -0.117. The molecule has 1 aliphatic carbocycles. The fourth-order valence-corrected chi connectivity index (χ4v) is 2.86. The van der Waals surface area contributed by atoms with Crippen molar-refractivity contribution in [2.24, 2.45) is 11.8 Å². The van der Waals surface area contributed by atoms with E-state index < -0.39 is 0 Å². The molecule has 1 heterocycles. The van der Waals surface area contributed by atoms with Crippen molar-refractivity contribution in [2.45, 2.75) is 32.2 Å². The first-order valence-corrected chi connectivity index (χ1v) is 8.06. The number of hydrogen-bond acceptors (Lipinski definition) is 3. The number of piperidine rings is 1. The van der Waals surface area contributed by atoms with Crippen LogP contribution in [-0.4, -0.2) is 30.9 Å². The van der Waals surface area contributed by atoms with Gasteiger partial charge < -0.3 is 16.0 Å². The molecule has 2 aliphatic rings. The molecular weight excluding hydrogens is 278 g/mol. The summed E-state index contributed by atoms with van der Waals surface area (Å²) in [6.45, 7) is 3.99. The highest BCUT2D eigenvalue weighted by molar-refractivity contribution is 5.97. The van der Waals surface area contributed by atoms with Gasteiger partial charge in [0.25, 0.3) is 5.91 Å². The molecule has 118 valence electrons. The zero-order valence-electron chi connectivity index (χ0n) is 12.9. The summed E-state index contributed by atoms with van der Waals surface area (Å²) in [7, 11) is 0. The monoisotopic (exact) mass is 301 g/mol. The van der Waals surface area contributed by atoms with Crippen molar-refractivity contribution in [1.29, 1.82) is 0 Å². The first kappa shape index (κ1) is 15.0. The van der Waals surface area contributed by atoms with Gasteiger partial charge in [0.2, 0.25) is 5.91 Å². The van der Waals surface area contributed by atoms with Crippen LogP contribution < -0.4 is 16.0 Å². The molecule has 1 saturated carbocycles. The third-order valence-corrected chi connectivity index (χ3v) is 4.54. The molecule has 1 aromatic carbocycles. The van der Waals surface area contributed by atoms with Gasteiger partial charge in [-0.1, -0.05) is 6.92 Å². The van der Waals surface area contributed by atoms with Crippen LogP contribution in [0.4, 0.5) is 5.69 Å². The van der Waals surface area contributed by atoms with E-state index >= 15 is 0 Å². The lowest BCUT2D eigenvalue weighted by Gasteiger charge is -2.23. The van der Waals surface area contributed by atoms with Crippen LogP contribution in [0.25, 0.3) is 0 Å². The van der Waals surface area contributed by atoms with Crippen molar-refractivity contribution in [3.8, 4) is 0 Å². The van der Waals surface area contributed by atoms with Gasteiger partial charge in [0.15, 0.2) is 0 Å². The Bertz CT molecular complexity index is 550. The number of anilines is 1. The van der Waals surface area contributed by atoms with Crippen LogP contribution in [0.5, 0.6) is 0 Å². The van der Waals surface area contributed by atoms with E-state index in [4.69, 9.17) is 0 Å². The first-order valence-electron chi connectivity index (χ1n) is 8.06.